The highest BCUT2D eigenvalue weighted by Crippen LogP contribution is 2.18. The number of likely N-dealkylation sites (tertiary alicyclic amines) is 1. The molecule has 1 aromatic rings. The number of carbonyl (C=O) groups is 2. The molecule has 1 aliphatic rings. The number of amides is 2. The van der Waals surface area contributed by atoms with E-state index in [0.717, 1.165) is 25.2 Å². The minimum Gasteiger partial charge on any atom is -0.342 e. The van der Waals surface area contributed by atoms with E-state index in [1.165, 1.54) is 13.3 Å². The molecule has 1 heterocycles. The van der Waals surface area contributed by atoms with Gasteiger partial charge in [0.25, 0.3) is 0 Å². The van der Waals surface area contributed by atoms with Gasteiger partial charge in [-0.15, -0.1) is 0 Å². The topological polar surface area (TPSA) is 64.4 Å². The van der Waals surface area contributed by atoms with Crippen LogP contribution in [0.1, 0.15) is 38.7 Å². The molecule has 0 aliphatic carbocycles. The Morgan fingerprint density at radius 2 is 2.04 bits per heavy atom. The minimum absolute atomic E-state index is 0.102. The molecule has 2 rings (SSSR count). The number of carbonyl (C=O) groups excluding carboxylic acids is 2. The molecule has 1 unspecified atom stereocenters. The number of nitriles is 1. The van der Waals surface area contributed by atoms with Crippen molar-refractivity contribution in [3.63, 3.8) is 0 Å². The Bertz CT molecular complexity index is 604. The highest BCUT2D eigenvalue weighted by atomic mass is 16.2. The molecule has 1 fully saturated rings. The van der Waals surface area contributed by atoms with Gasteiger partial charge in [-0.05, 0) is 43.0 Å². The zero-order chi connectivity index (χ0) is 16.8. The fourth-order valence-electron chi connectivity index (χ4n) is 2.97. The summed E-state index contributed by atoms with van der Waals surface area (Å²) < 4.78 is 0. The summed E-state index contributed by atoms with van der Waals surface area (Å²) in [4.78, 5) is 27.7. The van der Waals surface area contributed by atoms with Crippen LogP contribution in [0.2, 0.25) is 0 Å². The average molecular weight is 313 g/mol. The third kappa shape index (κ3) is 4.56. The fourth-order valence-corrected chi connectivity index (χ4v) is 2.97. The van der Waals surface area contributed by atoms with Gasteiger partial charge in [0.15, 0.2) is 0 Å². The third-order valence-corrected chi connectivity index (χ3v) is 4.25. The van der Waals surface area contributed by atoms with Gasteiger partial charge in [-0.2, -0.15) is 5.26 Å². The van der Waals surface area contributed by atoms with Crippen LogP contribution < -0.4 is 4.90 Å². The van der Waals surface area contributed by atoms with E-state index in [1.807, 2.05) is 4.90 Å². The number of anilines is 1. The van der Waals surface area contributed by atoms with Gasteiger partial charge >= 0.3 is 0 Å². The zero-order valence-electron chi connectivity index (χ0n) is 13.8. The molecule has 1 atom stereocenters. The van der Waals surface area contributed by atoms with Gasteiger partial charge in [-0.3, -0.25) is 9.59 Å². The Labute approximate surface area is 137 Å². The van der Waals surface area contributed by atoms with Gasteiger partial charge in [0.05, 0.1) is 11.6 Å². The van der Waals surface area contributed by atoms with Gasteiger partial charge < -0.3 is 9.80 Å². The van der Waals surface area contributed by atoms with Gasteiger partial charge in [0, 0.05) is 38.7 Å². The minimum atomic E-state index is -0.102. The van der Waals surface area contributed by atoms with Crippen LogP contribution >= 0.6 is 0 Å². The Kier molecular flexibility index (Phi) is 5.75. The molecular formula is C18H23N3O2. The van der Waals surface area contributed by atoms with Crippen LogP contribution in [0.3, 0.4) is 0 Å². The van der Waals surface area contributed by atoms with E-state index in [9.17, 15) is 9.59 Å². The molecular weight excluding hydrogens is 290 g/mol. The van der Waals surface area contributed by atoms with Crippen LogP contribution in [0.15, 0.2) is 24.3 Å². The lowest BCUT2D eigenvalue weighted by Crippen LogP contribution is -2.41. The Morgan fingerprint density at radius 1 is 1.35 bits per heavy atom. The molecule has 0 saturated carbocycles. The Hall–Kier alpha value is -2.35. The highest BCUT2D eigenvalue weighted by Gasteiger charge is 2.22. The Morgan fingerprint density at radius 3 is 2.61 bits per heavy atom. The summed E-state index contributed by atoms with van der Waals surface area (Å²) in [7, 11) is 0. The molecule has 0 aromatic heterocycles. The second-order valence-corrected chi connectivity index (χ2v) is 6.17. The summed E-state index contributed by atoms with van der Waals surface area (Å²) in [5.74, 6) is 0.557. The van der Waals surface area contributed by atoms with E-state index in [2.05, 4.69) is 13.0 Å². The molecule has 0 spiro atoms. The van der Waals surface area contributed by atoms with Crippen LogP contribution in [0.25, 0.3) is 0 Å². The molecule has 0 N–H and O–H groups in total. The number of nitrogens with zero attached hydrogens (tertiary/aromatic N) is 3. The lowest BCUT2D eigenvalue weighted by molar-refractivity contribution is -0.132. The maximum atomic E-state index is 12.3. The van der Waals surface area contributed by atoms with E-state index < -0.39 is 0 Å². The van der Waals surface area contributed by atoms with Crippen molar-refractivity contribution in [2.24, 2.45) is 5.92 Å². The van der Waals surface area contributed by atoms with Crippen molar-refractivity contribution in [2.75, 3.05) is 24.5 Å². The summed E-state index contributed by atoms with van der Waals surface area (Å²) in [5.41, 5.74) is 1.27. The molecule has 1 aromatic carbocycles. The molecule has 1 saturated heterocycles. The quantitative estimate of drug-likeness (QED) is 0.858. The number of hydrogen-bond acceptors (Lipinski definition) is 3. The second kappa shape index (κ2) is 7.77. The van der Waals surface area contributed by atoms with Crippen molar-refractivity contribution in [3.05, 3.63) is 29.8 Å². The highest BCUT2D eigenvalue weighted by molar-refractivity contribution is 5.92. The van der Waals surface area contributed by atoms with E-state index in [4.69, 9.17) is 5.26 Å². The first-order chi connectivity index (χ1) is 11.0. The molecule has 0 bridgehead atoms. The standard InChI is InChI=1S/C18H23N3O2/c1-14-4-3-10-20(13-14)18(23)9-11-21(15(2)22)17-7-5-16(12-19)6-8-17/h5-8,14H,3-4,9-11,13H2,1-2H3. The van der Waals surface area contributed by atoms with Crippen molar-refractivity contribution in [1.29, 1.82) is 5.26 Å². The van der Waals surface area contributed by atoms with Crippen LogP contribution in [0.5, 0.6) is 0 Å². The summed E-state index contributed by atoms with van der Waals surface area (Å²) in [6, 6.07) is 8.90. The first kappa shape index (κ1) is 17.0. The molecule has 5 nitrogen and oxygen atoms in total. The van der Waals surface area contributed by atoms with Crippen LogP contribution in [0.4, 0.5) is 5.69 Å². The average Bonchev–Trinajstić information content (AvgIpc) is 2.55. The van der Waals surface area contributed by atoms with Crippen molar-refractivity contribution < 1.29 is 9.59 Å². The lowest BCUT2D eigenvalue weighted by Gasteiger charge is -2.31. The molecule has 2 amide bonds. The van der Waals surface area contributed by atoms with Crippen LogP contribution in [0, 0.1) is 17.2 Å². The summed E-state index contributed by atoms with van der Waals surface area (Å²) in [6.07, 6.45) is 2.56. The zero-order valence-corrected chi connectivity index (χ0v) is 13.8. The maximum Gasteiger partial charge on any atom is 0.224 e. The van der Waals surface area contributed by atoms with E-state index in [-0.39, 0.29) is 11.8 Å². The maximum absolute atomic E-state index is 12.3. The van der Waals surface area contributed by atoms with Gasteiger partial charge in [0.2, 0.25) is 11.8 Å². The predicted octanol–water partition coefficient (Wildman–Crippen LogP) is 2.56. The van der Waals surface area contributed by atoms with Crippen LogP contribution in [-0.2, 0) is 9.59 Å². The summed E-state index contributed by atoms with van der Waals surface area (Å²) in [6.45, 7) is 5.66. The fraction of sp³-hybridized carbons (Fsp3) is 0.500. The molecule has 0 radical (unpaired) electrons. The van der Waals surface area contributed by atoms with E-state index in [0.29, 0.717) is 24.4 Å². The van der Waals surface area contributed by atoms with Crippen LogP contribution in [-0.4, -0.2) is 36.3 Å². The van der Waals surface area contributed by atoms with Crippen molar-refractivity contribution in [3.8, 4) is 6.07 Å². The smallest absolute Gasteiger partial charge is 0.224 e. The van der Waals surface area contributed by atoms with Gasteiger partial charge in [0.1, 0.15) is 0 Å². The van der Waals surface area contributed by atoms with Crippen molar-refractivity contribution in [1.82, 2.24) is 4.90 Å². The third-order valence-electron chi connectivity index (χ3n) is 4.25. The molecule has 122 valence electrons. The van der Waals surface area contributed by atoms with Crippen molar-refractivity contribution in [2.45, 2.75) is 33.1 Å². The monoisotopic (exact) mass is 313 g/mol. The number of hydrogen-bond donors (Lipinski definition) is 0. The molecule has 5 heteroatoms. The second-order valence-electron chi connectivity index (χ2n) is 6.17. The normalized spacial score (nSPS) is 17.4. The molecule has 23 heavy (non-hydrogen) atoms. The van der Waals surface area contributed by atoms with Crippen molar-refractivity contribution >= 4 is 17.5 Å². The number of benzene rings is 1. The predicted molar refractivity (Wildman–Crippen MR) is 88.8 cm³/mol. The lowest BCUT2D eigenvalue weighted by atomic mass is 10.00. The Balaban J connectivity index is 1.98. The first-order valence-electron chi connectivity index (χ1n) is 8.07. The largest absolute Gasteiger partial charge is 0.342 e. The summed E-state index contributed by atoms with van der Waals surface area (Å²) in [5, 5.41) is 8.84. The summed E-state index contributed by atoms with van der Waals surface area (Å²) >= 11 is 0. The van der Waals surface area contributed by atoms with E-state index in [1.54, 1.807) is 29.2 Å². The van der Waals surface area contributed by atoms with E-state index >= 15 is 0 Å². The van der Waals surface area contributed by atoms with Gasteiger partial charge in [-0.25, -0.2) is 0 Å². The SMILES string of the molecule is CC(=O)N(CCC(=O)N1CCCC(C)C1)c1ccc(C#N)cc1. The number of piperidine rings is 1. The molecule has 1 aliphatic heterocycles. The number of rotatable bonds is 4. The van der Waals surface area contributed by atoms with Gasteiger partial charge in [-0.1, -0.05) is 6.92 Å². The first-order valence-corrected chi connectivity index (χ1v) is 8.07.